The summed E-state index contributed by atoms with van der Waals surface area (Å²) in [5, 5.41) is 10.2. The monoisotopic (exact) mass is 433 g/mol. The standard InChI is InChI=1S/C23H27N7S/c24-29-22(16-25-15-21-5-1-2-9-26-21)17-30-11-7-18(8-12-30)19-4-3-6-20(14-19)28-23-27-10-13-31-23/h1-6,9-10,13-14,16,18H,7-8,11-12,15,17,24H2,(H,27,28). The van der Waals surface area contributed by atoms with Gasteiger partial charge in [0.2, 0.25) is 0 Å². The van der Waals surface area contributed by atoms with Gasteiger partial charge in [0, 0.05) is 36.2 Å². The number of benzene rings is 1. The predicted molar refractivity (Wildman–Crippen MR) is 128 cm³/mol. The molecule has 7 nitrogen and oxygen atoms in total. The molecular formula is C23H27N7S. The normalized spacial score (nSPS) is 16.1. The van der Waals surface area contributed by atoms with Crippen molar-refractivity contribution >= 4 is 34.1 Å². The molecule has 0 saturated carbocycles. The number of likely N-dealkylation sites (tertiary alicyclic amines) is 1. The van der Waals surface area contributed by atoms with Crippen LogP contribution in [0.15, 0.2) is 70.3 Å². The maximum Gasteiger partial charge on any atom is 0.187 e. The summed E-state index contributed by atoms with van der Waals surface area (Å²) in [7, 11) is 0. The van der Waals surface area contributed by atoms with Crippen LogP contribution in [0, 0.1) is 0 Å². The zero-order chi connectivity index (χ0) is 21.3. The third-order valence-corrected chi connectivity index (χ3v) is 6.09. The van der Waals surface area contributed by atoms with Gasteiger partial charge in [0.15, 0.2) is 5.13 Å². The fraction of sp³-hybridized carbons (Fsp3) is 0.304. The van der Waals surface area contributed by atoms with E-state index in [1.54, 1.807) is 23.7 Å². The molecule has 1 aliphatic heterocycles. The minimum atomic E-state index is 0.535. The maximum absolute atomic E-state index is 5.60. The number of nitrogens with one attached hydrogen (secondary N) is 1. The molecule has 1 fully saturated rings. The summed E-state index contributed by atoms with van der Waals surface area (Å²) in [4.78, 5) is 15.4. The molecular weight excluding hydrogens is 406 g/mol. The number of rotatable bonds is 8. The van der Waals surface area contributed by atoms with Crippen molar-refractivity contribution in [3.63, 3.8) is 0 Å². The highest BCUT2D eigenvalue weighted by atomic mass is 32.1. The van der Waals surface area contributed by atoms with Crippen molar-refractivity contribution in [2.24, 2.45) is 15.9 Å². The molecule has 3 aromatic rings. The first kappa shape index (κ1) is 21.1. The van der Waals surface area contributed by atoms with E-state index in [1.807, 2.05) is 29.8 Å². The lowest BCUT2D eigenvalue weighted by Gasteiger charge is -2.32. The van der Waals surface area contributed by atoms with Gasteiger partial charge in [-0.2, -0.15) is 5.10 Å². The van der Waals surface area contributed by atoms with Crippen molar-refractivity contribution in [1.29, 1.82) is 0 Å². The molecule has 2 aromatic heterocycles. The molecule has 0 spiro atoms. The lowest BCUT2D eigenvalue weighted by Crippen LogP contribution is -2.37. The second-order valence-electron chi connectivity index (χ2n) is 7.55. The maximum atomic E-state index is 5.60. The quantitative estimate of drug-likeness (QED) is 0.318. The highest BCUT2D eigenvalue weighted by molar-refractivity contribution is 7.13. The van der Waals surface area contributed by atoms with Crippen LogP contribution < -0.4 is 11.2 Å². The van der Waals surface area contributed by atoms with Gasteiger partial charge in [0.25, 0.3) is 0 Å². The summed E-state index contributed by atoms with van der Waals surface area (Å²) in [6.45, 7) is 3.29. The van der Waals surface area contributed by atoms with Gasteiger partial charge in [-0.15, -0.1) is 11.3 Å². The molecule has 0 aliphatic carbocycles. The lowest BCUT2D eigenvalue weighted by molar-refractivity contribution is 0.239. The Morgan fingerprint density at radius 1 is 1.16 bits per heavy atom. The van der Waals surface area contributed by atoms with Crippen LogP contribution in [0.1, 0.15) is 30.0 Å². The van der Waals surface area contributed by atoms with Crippen molar-refractivity contribution in [2.45, 2.75) is 25.3 Å². The summed E-state index contributed by atoms with van der Waals surface area (Å²) in [6.07, 6.45) is 7.59. The molecule has 0 atom stereocenters. The van der Waals surface area contributed by atoms with Crippen LogP contribution in [0.25, 0.3) is 0 Å². The minimum absolute atomic E-state index is 0.535. The summed E-state index contributed by atoms with van der Waals surface area (Å²) in [5.74, 6) is 6.16. The molecule has 31 heavy (non-hydrogen) atoms. The molecule has 1 aromatic carbocycles. The van der Waals surface area contributed by atoms with Gasteiger partial charge < -0.3 is 11.2 Å². The summed E-state index contributed by atoms with van der Waals surface area (Å²) in [6, 6.07) is 14.5. The first-order valence-corrected chi connectivity index (χ1v) is 11.3. The highest BCUT2D eigenvalue weighted by Crippen LogP contribution is 2.30. The zero-order valence-corrected chi connectivity index (χ0v) is 18.2. The number of pyridine rings is 1. The Kier molecular flexibility index (Phi) is 7.36. The molecule has 0 bridgehead atoms. The fourth-order valence-electron chi connectivity index (χ4n) is 3.78. The Bertz CT molecular complexity index is 994. The third-order valence-electron chi connectivity index (χ3n) is 5.40. The second kappa shape index (κ2) is 10.8. The highest BCUT2D eigenvalue weighted by Gasteiger charge is 2.21. The molecule has 0 radical (unpaired) electrons. The van der Waals surface area contributed by atoms with E-state index in [-0.39, 0.29) is 0 Å². The summed E-state index contributed by atoms with van der Waals surface area (Å²) < 4.78 is 0. The molecule has 0 amide bonds. The average Bonchev–Trinajstić information content (AvgIpc) is 3.33. The number of thiazole rings is 1. The van der Waals surface area contributed by atoms with E-state index in [2.05, 4.69) is 54.5 Å². The van der Waals surface area contributed by atoms with Crippen LogP contribution in [-0.4, -0.2) is 46.4 Å². The van der Waals surface area contributed by atoms with E-state index < -0.39 is 0 Å². The molecule has 3 N–H and O–H groups in total. The van der Waals surface area contributed by atoms with Gasteiger partial charge in [0.1, 0.15) is 0 Å². The smallest absolute Gasteiger partial charge is 0.187 e. The SMILES string of the molecule is NN=C(C=NCc1ccccn1)CN1CCC(c2cccc(Nc3nccs3)c2)CC1. The molecule has 160 valence electrons. The van der Waals surface area contributed by atoms with Gasteiger partial charge in [-0.25, -0.2) is 4.98 Å². The molecule has 1 aliphatic rings. The van der Waals surface area contributed by atoms with Crippen molar-refractivity contribution < 1.29 is 0 Å². The van der Waals surface area contributed by atoms with Crippen LogP contribution in [-0.2, 0) is 6.54 Å². The van der Waals surface area contributed by atoms with Crippen molar-refractivity contribution in [2.75, 3.05) is 25.0 Å². The van der Waals surface area contributed by atoms with Crippen molar-refractivity contribution in [1.82, 2.24) is 14.9 Å². The largest absolute Gasteiger partial charge is 0.332 e. The molecule has 3 heterocycles. The topological polar surface area (TPSA) is 91.8 Å². The number of hydrogen-bond donors (Lipinski definition) is 2. The van der Waals surface area contributed by atoms with Crippen LogP contribution in [0.3, 0.4) is 0 Å². The number of hydrazone groups is 1. The number of hydrogen-bond acceptors (Lipinski definition) is 8. The van der Waals surface area contributed by atoms with Crippen LogP contribution >= 0.6 is 11.3 Å². The lowest BCUT2D eigenvalue weighted by atomic mass is 9.89. The first-order valence-electron chi connectivity index (χ1n) is 10.5. The molecule has 4 rings (SSSR count). The number of aliphatic imine (C=N–C) groups is 1. The Labute approximate surface area is 186 Å². The number of nitrogens with zero attached hydrogens (tertiary/aromatic N) is 5. The van der Waals surface area contributed by atoms with Gasteiger partial charge in [-0.3, -0.25) is 14.9 Å². The number of aromatic nitrogens is 2. The minimum Gasteiger partial charge on any atom is -0.332 e. The van der Waals surface area contributed by atoms with Crippen LogP contribution in [0.4, 0.5) is 10.8 Å². The summed E-state index contributed by atoms with van der Waals surface area (Å²) in [5.41, 5.74) is 4.20. The Hall–Kier alpha value is -3.10. The van der Waals surface area contributed by atoms with E-state index in [4.69, 9.17) is 5.84 Å². The van der Waals surface area contributed by atoms with E-state index in [9.17, 15) is 0 Å². The van der Waals surface area contributed by atoms with Gasteiger partial charge in [-0.05, 0) is 61.7 Å². The second-order valence-corrected chi connectivity index (χ2v) is 8.44. The fourth-order valence-corrected chi connectivity index (χ4v) is 4.33. The predicted octanol–water partition coefficient (Wildman–Crippen LogP) is 4.05. The Morgan fingerprint density at radius 3 is 2.81 bits per heavy atom. The molecule has 8 heteroatoms. The van der Waals surface area contributed by atoms with E-state index in [0.29, 0.717) is 12.5 Å². The van der Waals surface area contributed by atoms with Gasteiger partial charge in [0.05, 0.1) is 18.0 Å². The zero-order valence-electron chi connectivity index (χ0n) is 17.4. The molecule has 1 saturated heterocycles. The summed E-state index contributed by atoms with van der Waals surface area (Å²) >= 11 is 1.61. The van der Waals surface area contributed by atoms with E-state index in [0.717, 1.165) is 54.7 Å². The molecule has 0 unspecified atom stereocenters. The Morgan fingerprint density at radius 2 is 2.06 bits per heavy atom. The Balaban J connectivity index is 1.27. The number of piperidine rings is 1. The van der Waals surface area contributed by atoms with Crippen LogP contribution in [0.2, 0.25) is 0 Å². The van der Waals surface area contributed by atoms with Gasteiger partial charge in [-0.1, -0.05) is 18.2 Å². The van der Waals surface area contributed by atoms with Crippen LogP contribution in [0.5, 0.6) is 0 Å². The number of nitrogens with two attached hydrogens (primary N) is 1. The number of anilines is 2. The average molecular weight is 434 g/mol. The first-order chi connectivity index (χ1) is 15.3. The van der Waals surface area contributed by atoms with Crippen molar-refractivity contribution in [3.05, 3.63) is 71.5 Å². The van der Waals surface area contributed by atoms with E-state index in [1.165, 1.54) is 5.56 Å². The van der Waals surface area contributed by atoms with E-state index >= 15 is 0 Å². The van der Waals surface area contributed by atoms with Gasteiger partial charge >= 0.3 is 0 Å². The van der Waals surface area contributed by atoms with Crippen molar-refractivity contribution in [3.8, 4) is 0 Å². The third kappa shape index (κ3) is 6.19.